The number of rotatable bonds is 5. The number of nitrogens with two attached hydrogens (primary N) is 1. The zero-order chi connectivity index (χ0) is 13.7. The molecule has 1 rings (SSSR count). The normalized spacial score (nSPS) is 14.0. The highest BCUT2D eigenvalue weighted by Crippen LogP contribution is 2.16. The van der Waals surface area contributed by atoms with Crippen LogP contribution in [0.25, 0.3) is 0 Å². The molecule has 4 N–H and O–H groups in total. The summed E-state index contributed by atoms with van der Waals surface area (Å²) in [6, 6.07) is 1.25. The second-order valence-corrected chi connectivity index (χ2v) is 5.28. The number of carbonyl (C=O) groups excluding carboxylic acids is 1. The number of anilines is 1. The van der Waals surface area contributed by atoms with E-state index in [4.69, 9.17) is 22.4 Å². The Kier molecular flexibility index (Phi) is 5.71. The smallest absolute Gasteiger partial charge is 0.253 e. The first kappa shape index (κ1) is 15.1. The van der Waals surface area contributed by atoms with Gasteiger partial charge >= 0.3 is 0 Å². The second-order valence-electron chi connectivity index (χ2n) is 3.81. The van der Waals surface area contributed by atoms with E-state index in [-0.39, 0.29) is 34.6 Å². The SMILES string of the molecule is CSC(CO)C(C)NC(=O)c1cc(Cl)ncc1N. The molecule has 2 atom stereocenters. The van der Waals surface area contributed by atoms with E-state index >= 15 is 0 Å². The van der Waals surface area contributed by atoms with Gasteiger partial charge in [-0.3, -0.25) is 4.79 Å². The Morgan fingerprint density at radius 1 is 1.72 bits per heavy atom. The summed E-state index contributed by atoms with van der Waals surface area (Å²) in [4.78, 5) is 15.8. The van der Waals surface area contributed by atoms with Crippen molar-refractivity contribution in [1.82, 2.24) is 10.3 Å². The number of nitrogens with zero attached hydrogens (tertiary/aromatic N) is 1. The number of aliphatic hydroxyl groups is 1. The fourth-order valence-electron chi connectivity index (χ4n) is 1.45. The van der Waals surface area contributed by atoms with Crippen LogP contribution >= 0.6 is 23.4 Å². The maximum atomic E-state index is 12.0. The van der Waals surface area contributed by atoms with Crippen LogP contribution in [0.15, 0.2) is 12.3 Å². The first-order valence-corrected chi connectivity index (χ1v) is 7.01. The molecule has 18 heavy (non-hydrogen) atoms. The summed E-state index contributed by atoms with van der Waals surface area (Å²) in [6.45, 7) is 1.82. The highest BCUT2D eigenvalue weighted by molar-refractivity contribution is 7.99. The molecule has 7 heteroatoms. The molecule has 0 fully saturated rings. The molecule has 0 bridgehead atoms. The van der Waals surface area contributed by atoms with Gasteiger partial charge in [0.15, 0.2) is 0 Å². The van der Waals surface area contributed by atoms with Gasteiger partial charge in [0.2, 0.25) is 0 Å². The van der Waals surface area contributed by atoms with Crippen molar-refractivity contribution in [2.24, 2.45) is 0 Å². The highest BCUT2D eigenvalue weighted by Gasteiger charge is 2.19. The van der Waals surface area contributed by atoms with Gasteiger partial charge in [-0.2, -0.15) is 11.8 Å². The molecule has 0 aliphatic rings. The van der Waals surface area contributed by atoms with Crippen LogP contribution in [0.1, 0.15) is 17.3 Å². The van der Waals surface area contributed by atoms with E-state index in [0.29, 0.717) is 5.56 Å². The Morgan fingerprint density at radius 3 is 2.94 bits per heavy atom. The third-order valence-electron chi connectivity index (χ3n) is 2.55. The van der Waals surface area contributed by atoms with Gasteiger partial charge in [-0.05, 0) is 19.2 Å². The van der Waals surface area contributed by atoms with Crippen molar-refractivity contribution in [1.29, 1.82) is 0 Å². The van der Waals surface area contributed by atoms with Crippen molar-refractivity contribution < 1.29 is 9.90 Å². The molecule has 0 aliphatic heterocycles. The van der Waals surface area contributed by atoms with Crippen LogP contribution in [0.3, 0.4) is 0 Å². The van der Waals surface area contributed by atoms with Crippen molar-refractivity contribution in [2.75, 3.05) is 18.6 Å². The predicted molar refractivity (Wildman–Crippen MR) is 75.0 cm³/mol. The second kappa shape index (κ2) is 6.82. The number of aliphatic hydroxyl groups excluding tert-OH is 1. The summed E-state index contributed by atoms with van der Waals surface area (Å²) < 4.78 is 0. The summed E-state index contributed by atoms with van der Waals surface area (Å²) in [5.74, 6) is -0.322. The van der Waals surface area contributed by atoms with Gasteiger partial charge in [-0.15, -0.1) is 0 Å². The third-order valence-corrected chi connectivity index (χ3v) is 3.91. The molecule has 0 radical (unpaired) electrons. The zero-order valence-corrected chi connectivity index (χ0v) is 11.8. The van der Waals surface area contributed by atoms with Crippen LogP contribution < -0.4 is 11.1 Å². The van der Waals surface area contributed by atoms with E-state index in [1.54, 1.807) is 0 Å². The summed E-state index contributed by atoms with van der Waals surface area (Å²) in [6.07, 6.45) is 3.22. The quantitative estimate of drug-likeness (QED) is 0.708. The van der Waals surface area contributed by atoms with E-state index in [1.807, 2.05) is 13.2 Å². The molecular weight excluding hydrogens is 274 g/mol. The average molecular weight is 290 g/mol. The number of halogens is 1. The lowest BCUT2D eigenvalue weighted by Crippen LogP contribution is -2.41. The summed E-state index contributed by atoms with van der Waals surface area (Å²) in [5.41, 5.74) is 6.23. The molecule has 0 aromatic carbocycles. The number of pyridine rings is 1. The Bertz CT molecular complexity index is 427. The van der Waals surface area contributed by atoms with Crippen LogP contribution in [0.2, 0.25) is 5.15 Å². The molecule has 1 aromatic rings. The Morgan fingerprint density at radius 2 is 2.39 bits per heavy atom. The van der Waals surface area contributed by atoms with E-state index < -0.39 is 0 Å². The molecule has 0 aliphatic carbocycles. The van der Waals surface area contributed by atoms with Gasteiger partial charge in [0.05, 0.1) is 24.1 Å². The molecule has 0 saturated heterocycles. The minimum absolute atomic E-state index is 0.00476. The van der Waals surface area contributed by atoms with Gasteiger partial charge in [-0.25, -0.2) is 4.98 Å². The minimum Gasteiger partial charge on any atom is -0.397 e. The summed E-state index contributed by atoms with van der Waals surface area (Å²) in [5, 5.41) is 12.1. The maximum Gasteiger partial charge on any atom is 0.253 e. The minimum atomic E-state index is -0.322. The standard InChI is InChI=1S/C11H16ClN3O2S/c1-6(9(5-16)18-2)15-11(17)7-3-10(12)14-4-8(7)13/h3-4,6,9,16H,5,13H2,1-2H3,(H,15,17). The number of nitrogens with one attached hydrogen (secondary N) is 1. The lowest BCUT2D eigenvalue weighted by molar-refractivity contribution is 0.0936. The Balaban J connectivity index is 2.79. The van der Waals surface area contributed by atoms with Gasteiger partial charge < -0.3 is 16.2 Å². The van der Waals surface area contributed by atoms with Crippen LogP contribution in [-0.2, 0) is 0 Å². The maximum absolute atomic E-state index is 12.0. The molecule has 5 nitrogen and oxygen atoms in total. The van der Waals surface area contributed by atoms with Crippen LogP contribution in [0.5, 0.6) is 0 Å². The molecular formula is C11H16ClN3O2S. The van der Waals surface area contributed by atoms with Crippen molar-refractivity contribution in [3.8, 4) is 0 Å². The molecule has 100 valence electrons. The van der Waals surface area contributed by atoms with Crippen LogP contribution in [0.4, 0.5) is 5.69 Å². The van der Waals surface area contributed by atoms with Crippen LogP contribution in [0, 0.1) is 0 Å². The van der Waals surface area contributed by atoms with E-state index in [1.165, 1.54) is 24.0 Å². The zero-order valence-electron chi connectivity index (χ0n) is 10.2. The Labute approximate surface area is 115 Å². The third kappa shape index (κ3) is 3.76. The van der Waals surface area contributed by atoms with Gasteiger partial charge in [0.25, 0.3) is 5.91 Å². The van der Waals surface area contributed by atoms with Gasteiger partial charge in [0.1, 0.15) is 5.15 Å². The van der Waals surface area contributed by atoms with E-state index in [0.717, 1.165) is 0 Å². The molecule has 1 aromatic heterocycles. The number of hydrogen-bond acceptors (Lipinski definition) is 5. The largest absolute Gasteiger partial charge is 0.397 e. The number of amides is 1. The van der Waals surface area contributed by atoms with Crippen molar-refractivity contribution in [2.45, 2.75) is 18.2 Å². The molecule has 0 spiro atoms. The molecule has 0 saturated carbocycles. The molecule has 1 heterocycles. The first-order valence-electron chi connectivity index (χ1n) is 5.35. The molecule has 2 unspecified atom stereocenters. The van der Waals surface area contributed by atoms with Gasteiger partial charge in [0, 0.05) is 11.3 Å². The monoisotopic (exact) mass is 289 g/mol. The number of hydrogen-bond donors (Lipinski definition) is 3. The summed E-state index contributed by atoms with van der Waals surface area (Å²) >= 11 is 7.21. The fourth-order valence-corrected chi connectivity index (χ4v) is 2.23. The van der Waals surface area contributed by atoms with Gasteiger partial charge in [-0.1, -0.05) is 11.6 Å². The van der Waals surface area contributed by atoms with Crippen LogP contribution in [-0.4, -0.2) is 40.2 Å². The fraction of sp³-hybridized carbons (Fsp3) is 0.455. The number of carbonyl (C=O) groups is 1. The van der Waals surface area contributed by atoms with Crippen molar-refractivity contribution in [3.05, 3.63) is 23.0 Å². The van der Waals surface area contributed by atoms with E-state index in [9.17, 15) is 4.79 Å². The van der Waals surface area contributed by atoms with Crippen molar-refractivity contribution in [3.63, 3.8) is 0 Å². The highest BCUT2D eigenvalue weighted by atomic mass is 35.5. The molecule has 1 amide bonds. The van der Waals surface area contributed by atoms with Crippen molar-refractivity contribution >= 4 is 35.0 Å². The predicted octanol–water partition coefficient (Wildman–Crippen LogP) is 1.16. The number of thioether (sulfide) groups is 1. The average Bonchev–Trinajstić information content (AvgIpc) is 2.33. The first-order chi connectivity index (χ1) is 8.49. The number of nitrogen functional groups attached to an aromatic ring is 1. The number of aromatic nitrogens is 1. The van der Waals surface area contributed by atoms with E-state index in [2.05, 4.69) is 10.3 Å². The topological polar surface area (TPSA) is 88.2 Å². The lowest BCUT2D eigenvalue weighted by Gasteiger charge is -2.21. The lowest BCUT2D eigenvalue weighted by atomic mass is 10.2. The summed E-state index contributed by atoms with van der Waals surface area (Å²) in [7, 11) is 0. The Hall–Kier alpha value is -0.980.